The van der Waals surface area contributed by atoms with Crippen molar-refractivity contribution in [3.8, 4) is 22.8 Å². The summed E-state index contributed by atoms with van der Waals surface area (Å²) in [5.74, 6) is 1.43. The van der Waals surface area contributed by atoms with E-state index in [0.29, 0.717) is 5.13 Å². The zero-order valence-electron chi connectivity index (χ0n) is 14.9. The van der Waals surface area contributed by atoms with Crippen molar-refractivity contribution in [3.63, 3.8) is 0 Å². The van der Waals surface area contributed by atoms with Gasteiger partial charge in [-0.2, -0.15) is 0 Å². The van der Waals surface area contributed by atoms with E-state index in [0.717, 1.165) is 33.9 Å². The number of aryl methyl sites for hydroxylation is 1. The van der Waals surface area contributed by atoms with Crippen molar-refractivity contribution < 1.29 is 14.3 Å². The van der Waals surface area contributed by atoms with Crippen LogP contribution in [-0.4, -0.2) is 25.1 Å². The van der Waals surface area contributed by atoms with Crippen LogP contribution in [0.2, 0.25) is 0 Å². The molecule has 0 unspecified atom stereocenters. The molecule has 0 atom stereocenters. The summed E-state index contributed by atoms with van der Waals surface area (Å²) in [4.78, 5) is 16.8. The standard InChI is InChI=1S/C20H20N2O3S/c1-13-4-9-18(25-3)16(10-13)17-12-26-20(21-17)22-19(23)11-14-5-7-15(24-2)8-6-14/h4-10,12H,11H2,1-3H3,(H,21,22,23). The van der Waals surface area contributed by atoms with Gasteiger partial charge in [0.2, 0.25) is 5.91 Å². The Hall–Kier alpha value is -2.86. The number of ether oxygens (including phenoxy) is 2. The summed E-state index contributed by atoms with van der Waals surface area (Å²) in [6, 6.07) is 13.4. The first-order chi connectivity index (χ1) is 12.6. The molecule has 0 aliphatic rings. The van der Waals surface area contributed by atoms with Gasteiger partial charge in [-0.15, -0.1) is 11.3 Å². The maximum Gasteiger partial charge on any atom is 0.230 e. The minimum Gasteiger partial charge on any atom is -0.497 e. The first-order valence-electron chi connectivity index (χ1n) is 8.12. The molecule has 1 heterocycles. The Morgan fingerprint density at radius 2 is 1.88 bits per heavy atom. The Labute approximate surface area is 156 Å². The molecule has 0 fully saturated rings. The number of anilines is 1. The molecule has 5 nitrogen and oxygen atoms in total. The van der Waals surface area contributed by atoms with Crippen LogP contribution in [0.25, 0.3) is 11.3 Å². The molecular formula is C20H20N2O3S. The van der Waals surface area contributed by atoms with Gasteiger partial charge in [0.15, 0.2) is 5.13 Å². The van der Waals surface area contributed by atoms with Gasteiger partial charge in [-0.1, -0.05) is 23.8 Å². The van der Waals surface area contributed by atoms with Crippen molar-refractivity contribution >= 4 is 22.4 Å². The van der Waals surface area contributed by atoms with Crippen LogP contribution in [0.5, 0.6) is 11.5 Å². The fourth-order valence-electron chi connectivity index (χ4n) is 2.57. The van der Waals surface area contributed by atoms with Crippen LogP contribution in [-0.2, 0) is 11.2 Å². The smallest absolute Gasteiger partial charge is 0.230 e. The highest BCUT2D eigenvalue weighted by molar-refractivity contribution is 7.14. The minimum absolute atomic E-state index is 0.104. The zero-order chi connectivity index (χ0) is 18.5. The summed E-state index contributed by atoms with van der Waals surface area (Å²) in [7, 11) is 3.25. The highest BCUT2D eigenvalue weighted by Gasteiger charge is 2.12. The molecule has 26 heavy (non-hydrogen) atoms. The fourth-order valence-corrected chi connectivity index (χ4v) is 3.30. The topological polar surface area (TPSA) is 60.5 Å². The van der Waals surface area contributed by atoms with E-state index in [2.05, 4.69) is 10.3 Å². The molecule has 134 valence electrons. The molecule has 0 aliphatic carbocycles. The van der Waals surface area contributed by atoms with Gasteiger partial charge in [0.05, 0.1) is 26.3 Å². The van der Waals surface area contributed by atoms with Crippen molar-refractivity contribution in [2.75, 3.05) is 19.5 Å². The Bertz CT molecular complexity index is 904. The number of thiazole rings is 1. The number of hydrogen-bond acceptors (Lipinski definition) is 5. The second-order valence-electron chi connectivity index (χ2n) is 5.81. The summed E-state index contributed by atoms with van der Waals surface area (Å²) < 4.78 is 10.5. The van der Waals surface area contributed by atoms with Crippen LogP contribution >= 0.6 is 11.3 Å². The molecule has 0 aliphatic heterocycles. The predicted molar refractivity (Wildman–Crippen MR) is 104 cm³/mol. The zero-order valence-corrected chi connectivity index (χ0v) is 15.7. The lowest BCUT2D eigenvalue weighted by atomic mass is 10.1. The number of carbonyl (C=O) groups is 1. The molecule has 0 saturated carbocycles. The number of benzene rings is 2. The lowest BCUT2D eigenvalue weighted by molar-refractivity contribution is -0.115. The monoisotopic (exact) mass is 368 g/mol. The number of rotatable bonds is 6. The van der Waals surface area contributed by atoms with E-state index in [9.17, 15) is 4.79 Å². The quantitative estimate of drug-likeness (QED) is 0.704. The molecule has 1 N–H and O–H groups in total. The maximum absolute atomic E-state index is 12.3. The highest BCUT2D eigenvalue weighted by atomic mass is 32.1. The van der Waals surface area contributed by atoms with Gasteiger partial charge < -0.3 is 14.8 Å². The number of nitrogens with one attached hydrogen (secondary N) is 1. The van der Waals surface area contributed by atoms with Crippen LogP contribution in [0.1, 0.15) is 11.1 Å². The number of amides is 1. The van der Waals surface area contributed by atoms with Crippen molar-refractivity contribution in [2.24, 2.45) is 0 Å². The number of carbonyl (C=O) groups excluding carboxylic acids is 1. The lowest BCUT2D eigenvalue weighted by Crippen LogP contribution is -2.14. The van der Waals surface area contributed by atoms with Crippen molar-refractivity contribution in [1.82, 2.24) is 4.98 Å². The summed E-state index contributed by atoms with van der Waals surface area (Å²) in [6.45, 7) is 2.02. The normalized spacial score (nSPS) is 10.4. The number of hydrogen-bond donors (Lipinski definition) is 1. The maximum atomic E-state index is 12.3. The Morgan fingerprint density at radius 3 is 2.58 bits per heavy atom. The van der Waals surface area contributed by atoms with Gasteiger partial charge in [0.1, 0.15) is 11.5 Å². The average Bonchev–Trinajstić information content (AvgIpc) is 3.10. The third-order valence-electron chi connectivity index (χ3n) is 3.91. The van der Waals surface area contributed by atoms with Crippen LogP contribution in [0.4, 0.5) is 5.13 Å². The van der Waals surface area contributed by atoms with Gasteiger partial charge in [-0.3, -0.25) is 4.79 Å². The number of methoxy groups -OCH3 is 2. The van der Waals surface area contributed by atoms with Gasteiger partial charge in [-0.25, -0.2) is 4.98 Å². The van der Waals surface area contributed by atoms with Crippen molar-refractivity contribution in [3.05, 3.63) is 59.0 Å². The molecule has 6 heteroatoms. The molecule has 2 aromatic carbocycles. The van der Waals surface area contributed by atoms with Crippen LogP contribution in [0.15, 0.2) is 47.8 Å². The van der Waals surface area contributed by atoms with Crippen molar-refractivity contribution in [1.29, 1.82) is 0 Å². The van der Waals surface area contributed by atoms with E-state index in [1.807, 2.05) is 54.8 Å². The second kappa shape index (κ2) is 8.01. The van der Waals surface area contributed by atoms with Crippen LogP contribution < -0.4 is 14.8 Å². The first kappa shape index (κ1) is 17.9. The number of nitrogens with zero attached hydrogens (tertiary/aromatic N) is 1. The van der Waals surface area contributed by atoms with E-state index in [1.54, 1.807) is 14.2 Å². The van der Waals surface area contributed by atoms with E-state index in [1.165, 1.54) is 11.3 Å². The predicted octanol–water partition coefficient (Wildman–Crippen LogP) is 4.32. The third-order valence-corrected chi connectivity index (χ3v) is 4.66. The molecular weight excluding hydrogens is 348 g/mol. The number of aromatic nitrogens is 1. The highest BCUT2D eigenvalue weighted by Crippen LogP contribution is 2.33. The third kappa shape index (κ3) is 4.21. The lowest BCUT2D eigenvalue weighted by Gasteiger charge is -2.07. The molecule has 1 aromatic heterocycles. The molecule has 1 amide bonds. The first-order valence-corrected chi connectivity index (χ1v) is 9.00. The molecule has 0 spiro atoms. The van der Waals surface area contributed by atoms with E-state index < -0.39 is 0 Å². The van der Waals surface area contributed by atoms with Gasteiger partial charge in [0.25, 0.3) is 0 Å². The molecule has 0 saturated heterocycles. The van der Waals surface area contributed by atoms with Crippen molar-refractivity contribution in [2.45, 2.75) is 13.3 Å². The summed E-state index contributed by atoms with van der Waals surface area (Å²) in [5, 5.41) is 5.35. The minimum atomic E-state index is -0.104. The van der Waals surface area contributed by atoms with E-state index >= 15 is 0 Å². The van der Waals surface area contributed by atoms with E-state index in [4.69, 9.17) is 9.47 Å². The van der Waals surface area contributed by atoms with Crippen LogP contribution in [0, 0.1) is 6.92 Å². The van der Waals surface area contributed by atoms with E-state index in [-0.39, 0.29) is 12.3 Å². The summed E-state index contributed by atoms with van der Waals surface area (Å²) in [5.41, 5.74) is 3.74. The Morgan fingerprint density at radius 1 is 1.12 bits per heavy atom. The molecule has 3 rings (SSSR count). The summed E-state index contributed by atoms with van der Waals surface area (Å²) >= 11 is 1.40. The second-order valence-corrected chi connectivity index (χ2v) is 6.67. The van der Waals surface area contributed by atoms with Crippen LogP contribution in [0.3, 0.4) is 0 Å². The Kier molecular flexibility index (Phi) is 5.53. The molecule has 0 radical (unpaired) electrons. The largest absolute Gasteiger partial charge is 0.497 e. The van der Waals surface area contributed by atoms with Gasteiger partial charge >= 0.3 is 0 Å². The Balaban J connectivity index is 1.70. The average molecular weight is 368 g/mol. The SMILES string of the molecule is COc1ccc(CC(=O)Nc2nc(-c3cc(C)ccc3OC)cs2)cc1. The van der Waals surface area contributed by atoms with Gasteiger partial charge in [-0.05, 0) is 36.8 Å². The molecule has 3 aromatic rings. The fraction of sp³-hybridized carbons (Fsp3) is 0.200. The van der Waals surface area contributed by atoms with Gasteiger partial charge in [0, 0.05) is 10.9 Å². The molecule has 0 bridgehead atoms. The summed E-state index contributed by atoms with van der Waals surface area (Å²) in [6.07, 6.45) is 0.284.